The lowest BCUT2D eigenvalue weighted by molar-refractivity contribution is -0.144. The van der Waals surface area contributed by atoms with Crippen LogP contribution in [0, 0.1) is 0 Å². The highest BCUT2D eigenvalue weighted by molar-refractivity contribution is 9.10. The van der Waals surface area contributed by atoms with Crippen molar-refractivity contribution >= 4 is 55.2 Å². The number of hydrogen-bond donors (Lipinski definition) is 0. The zero-order valence-electron chi connectivity index (χ0n) is 13.9. The Hall–Kier alpha value is -1.44. The Morgan fingerprint density at radius 2 is 2.08 bits per heavy atom. The number of ether oxygens (including phenoxy) is 1. The highest BCUT2D eigenvalue weighted by Gasteiger charge is 2.16. The molecular formula is C18H17BrN2O2S2. The monoisotopic (exact) mass is 436 g/mol. The molecule has 3 rings (SSSR count). The number of benzene rings is 1. The summed E-state index contributed by atoms with van der Waals surface area (Å²) in [6.45, 7) is 3.89. The van der Waals surface area contributed by atoms with E-state index in [-0.39, 0.29) is 17.8 Å². The molecule has 1 atom stereocenters. The SMILES string of the molecule is CCC(C)OC(=O)CSc1ncnc2scc(-c3ccc(Br)cc3)c12. The van der Waals surface area contributed by atoms with Crippen molar-refractivity contribution in [2.75, 3.05) is 5.75 Å². The van der Waals surface area contributed by atoms with E-state index in [1.54, 1.807) is 17.7 Å². The van der Waals surface area contributed by atoms with Gasteiger partial charge in [0.25, 0.3) is 0 Å². The van der Waals surface area contributed by atoms with Crippen LogP contribution in [-0.4, -0.2) is 27.8 Å². The molecule has 4 nitrogen and oxygen atoms in total. The average Bonchev–Trinajstić information content (AvgIpc) is 3.05. The van der Waals surface area contributed by atoms with Crippen LogP contribution in [0.2, 0.25) is 0 Å². The molecule has 0 saturated heterocycles. The fourth-order valence-electron chi connectivity index (χ4n) is 2.27. The molecular weight excluding hydrogens is 420 g/mol. The highest BCUT2D eigenvalue weighted by Crippen LogP contribution is 2.38. The predicted molar refractivity (Wildman–Crippen MR) is 107 cm³/mol. The quantitative estimate of drug-likeness (QED) is 0.287. The lowest BCUT2D eigenvalue weighted by Crippen LogP contribution is -2.15. The van der Waals surface area contributed by atoms with Gasteiger partial charge < -0.3 is 4.74 Å². The lowest BCUT2D eigenvalue weighted by atomic mass is 10.1. The Morgan fingerprint density at radius 1 is 1.32 bits per heavy atom. The fourth-order valence-corrected chi connectivity index (χ4v) is 4.31. The zero-order chi connectivity index (χ0) is 17.8. The summed E-state index contributed by atoms with van der Waals surface area (Å²) in [5.41, 5.74) is 2.19. The van der Waals surface area contributed by atoms with Crippen LogP contribution in [0.5, 0.6) is 0 Å². The molecule has 0 bridgehead atoms. The van der Waals surface area contributed by atoms with E-state index in [1.165, 1.54) is 11.8 Å². The smallest absolute Gasteiger partial charge is 0.316 e. The van der Waals surface area contributed by atoms with Crippen molar-refractivity contribution in [2.45, 2.75) is 31.4 Å². The highest BCUT2D eigenvalue weighted by atomic mass is 79.9. The number of carbonyl (C=O) groups excluding carboxylic acids is 1. The maximum absolute atomic E-state index is 12.0. The molecule has 0 N–H and O–H groups in total. The van der Waals surface area contributed by atoms with Gasteiger partial charge in [-0.1, -0.05) is 46.7 Å². The summed E-state index contributed by atoms with van der Waals surface area (Å²) in [5, 5.41) is 3.89. The summed E-state index contributed by atoms with van der Waals surface area (Å²) in [4.78, 5) is 21.6. The van der Waals surface area contributed by atoms with Gasteiger partial charge in [-0.05, 0) is 31.0 Å². The number of rotatable bonds is 6. The normalized spacial score (nSPS) is 12.3. The minimum Gasteiger partial charge on any atom is -0.462 e. The molecule has 3 aromatic rings. The van der Waals surface area contributed by atoms with Gasteiger partial charge in [-0.25, -0.2) is 9.97 Å². The maximum atomic E-state index is 12.0. The molecule has 130 valence electrons. The Kier molecular flexibility index (Phi) is 6.09. The van der Waals surface area contributed by atoms with E-state index < -0.39 is 0 Å². The van der Waals surface area contributed by atoms with Crippen molar-refractivity contribution in [1.29, 1.82) is 0 Å². The van der Waals surface area contributed by atoms with Gasteiger partial charge in [0, 0.05) is 15.4 Å². The first-order valence-electron chi connectivity index (χ1n) is 7.89. The van der Waals surface area contributed by atoms with Gasteiger partial charge in [0.05, 0.1) is 17.2 Å². The molecule has 0 saturated carbocycles. The van der Waals surface area contributed by atoms with Gasteiger partial charge in [-0.3, -0.25) is 4.79 Å². The number of aromatic nitrogens is 2. The molecule has 0 radical (unpaired) electrons. The second kappa shape index (κ2) is 8.29. The summed E-state index contributed by atoms with van der Waals surface area (Å²) in [6, 6.07) is 8.15. The molecule has 25 heavy (non-hydrogen) atoms. The summed E-state index contributed by atoms with van der Waals surface area (Å²) in [5.74, 6) is 0.0260. The molecule has 2 aromatic heterocycles. The Labute approximate surface area is 163 Å². The van der Waals surface area contributed by atoms with Gasteiger partial charge in [0.1, 0.15) is 16.2 Å². The van der Waals surface area contributed by atoms with Crippen molar-refractivity contribution in [3.63, 3.8) is 0 Å². The maximum Gasteiger partial charge on any atom is 0.316 e. The standard InChI is InChI=1S/C18H17BrN2O2S2/c1-3-11(2)23-15(22)9-25-18-16-14(8-24-17(16)20-10-21-18)12-4-6-13(19)7-5-12/h4-8,10-11H,3,9H2,1-2H3. The number of fused-ring (bicyclic) bond motifs is 1. The second-order valence-corrected chi connectivity index (χ2v) is 8.25. The van der Waals surface area contributed by atoms with Crippen molar-refractivity contribution in [2.24, 2.45) is 0 Å². The first-order chi connectivity index (χ1) is 12.1. The summed E-state index contributed by atoms with van der Waals surface area (Å²) < 4.78 is 6.37. The van der Waals surface area contributed by atoms with Crippen molar-refractivity contribution in [3.8, 4) is 11.1 Å². The molecule has 0 amide bonds. The molecule has 0 aliphatic heterocycles. The van der Waals surface area contributed by atoms with E-state index in [0.29, 0.717) is 0 Å². The summed E-state index contributed by atoms with van der Waals surface area (Å²) >= 11 is 6.44. The number of thiophene rings is 1. The van der Waals surface area contributed by atoms with Crippen molar-refractivity contribution in [1.82, 2.24) is 9.97 Å². The summed E-state index contributed by atoms with van der Waals surface area (Å²) in [6.07, 6.45) is 2.30. The molecule has 7 heteroatoms. The van der Waals surface area contributed by atoms with E-state index in [1.807, 2.05) is 26.0 Å². The number of esters is 1. The number of thioether (sulfide) groups is 1. The van der Waals surface area contributed by atoms with Gasteiger partial charge >= 0.3 is 5.97 Å². The lowest BCUT2D eigenvalue weighted by Gasteiger charge is -2.10. The first-order valence-corrected chi connectivity index (χ1v) is 10.5. The molecule has 0 spiro atoms. The molecule has 1 aromatic carbocycles. The van der Waals surface area contributed by atoms with Gasteiger partial charge in [-0.15, -0.1) is 11.3 Å². The molecule has 1 unspecified atom stereocenters. The van der Waals surface area contributed by atoms with Crippen LogP contribution in [0.1, 0.15) is 20.3 Å². The number of halogens is 1. The van der Waals surface area contributed by atoms with Gasteiger partial charge in [-0.2, -0.15) is 0 Å². The van der Waals surface area contributed by atoms with Crippen LogP contribution in [-0.2, 0) is 9.53 Å². The van der Waals surface area contributed by atoms with Crippen LogP contribution in [0.25, 0.3) is 21.3 Å². The Bertz CT molecular complexity index is 880. The predicted octanol–water partition coefficient (Wildman–Crippen LogP) is 5.55. The number of hydrogen-bond acceptors (Lipinski definition) is 6. The fraction of sp³-hybridized carbons (Fsp3) is 0.278. The van der Waals surface area contributed by atoms with Crippen molar-refractivity contribution in [3.05, 3.63) is 40.4 Å². The van der Waals surface area contributed by atoms with Gasteiger partial charge in [0.2, 0.25) is 0 Å². The number of carbonyl (C=O) groups is 1. The van der Waals surface area contributed by atoms with E-state index in [4.69, 9.17) is 4.74 Å². The van der Waals surface area contributed by atoms with E-state index >= 15 is 0 Å². The van der Waals surface area contributed by atoms with Crippen LogP contribution in [0.15, 0.2) is 45.5 Å². The molecule has 0 aliphatic carbocycles. The van der Waals surface area contributed by atoms with Crippen LogP contribution in [0.3, 0.4) is 0 Å². The number of nitrogens with zero attached hydrogens (tertiary/aromatic N) is 2. The molecule has 0 fully saturated rings. The van der Waals surface area contributed by atoms with E-state index in [0.717, 1.165) is 37.3 Å². The van der Waals surface area contributed by atoms with Crippen LogP contribution >= 0.6 is 39.0 Å². The van der Waals surface area contributed by atoms with E-state index in [2.05, 4.69) is 43.4 Å². The minimum absolute atomic E-state index is 0.0574. The second-order valence-electron chi connectivity index (χ2n) is 5.51. The third-order valence-corrected chi connectivity index (χ3v) is 6.10. The minimum atomic E-state index is -0.216. The average molecular weight is 437 g/mol. The van der Waals surface area contributed by atoms with E-state index in [9.17, 15) is 4.79 Å². The first kappa shape index (κ1) is 18.4. The Balaban J connectivity index is 1.87. The molecule has 2 heterocycles. The largest absolute Gasteiger partial charge is 0.462 e. The van der Waals surface area contributed by atoms with Crippen LogP contribution in [0.4, 0.5) is 0 Å². The van der Waals surface area contributed by atoms with Gasteiger partial charge in [0.15, 0.2) is 0 Å². The molecule has 0 aliphatic rings. The summed E-state index contributed by atoms with van der Waals surface area (Å²) in [7, 11) is 0. The van der Waals surface area contributed by atoms with Crippen molar-refractivity contribution < 1.29 is 9.53 Å². The van der Waals surface area contributed by atoms with Crippen LogP contribution < -0.4 is 0 Å². The third-order valence-electron chi connectivity index (χ3n) is 3.72. The zero-order valence-corrected chi connectivity index (χ0v) is 17.1. The third kappa shape index (κ3) is 4.40. The Morgan fingerprint density at radius 3 is 2.80 bits per heavy atom. The topological polar surface area (TPSA) is 52.1 Å².